The first-order valence-electron chi connectivity index (χ1n) is 10.8. The highest BCUT2D eigenvalue weighted by Gasteiger charge is 2.06. The molecule has 1 heteroatoms. The van der Waals surface area contributed by atoms with Gasteiger partial charge in [-0.1, -0.05) is 121 Å². The van der Waals surface area contributed by atoms with Crippen LogP contribution in [0, 0.1) is 0 Å². The topological polar surface area (TPSA) is 12.9 Å². The van der Waals surface area contributed by atoms with Crippen LogP contribution in [0.4, 0.5) is 0 Å². The molecule has 0 aliphatic heterocycles. The number of pyridine rings is 1. The van der Waals surface area contributed by atoms with E-state index >= 15 is 0 Å². The molecule has 0 saturated carbocycles. The third-order valence-electron chi connectivity index (χ3n) is 5.47. The van der Waals surface area contributed by atoms with Crippen LogP contribution in [-0.2, 0) is 0 Å². The number of hydrogen-bond donors (Lipinski definition) is 0. The van der Waals surface area contributed by atoms with Crippen LogP contribution in [-0.4, -0.2) is 4.98 Å². The molecule has 0 N–H and O–H groups in total. The van der Waals surface area contributed by atoms with E-state index in [1.165, 1.54) is 16.7 Å². The van der Waals surface area contributed by atoms with E-state index < -0.39 is 0 Å². The van der Waals surface area contributed by atoms with Gasteiger partial charge < -0.3 is 0 Å². The van der Waals surface area contributed by atoms with Crippen molar-refractivity contribution in [3.63, 3.8) is 0 Å². The summed E-state index contributed by atoms with van der Waals surface area (Å²) in [7, 11) is 0. The van der Waals surface area contributed by atoms with Gasteiger partial charge in [-0.25, -0.2) is 4.98 Å². The zero-order valence-corrected chi connectivity index (χ0v) is 17.7. The van der Waals surface area contributed by atoms with Crippen LogP contribution in [0.3, 0.4) is 0 Å². The molecule has 4 aromatic carbocycles. The van der Waals surface area contributed by atoms with E-state index in [0.717, 1.165) is 27.7 Å². The Balaban J connectivity index is 1.60. The van der Waals surface area contributed by atoms with Crippen LogP contribution >= 0.6 is 0 Å². The van der Waals surface area contributed by atoms with Gasteiger partial charge in [0.25, 0.3) is 0 Å². The fourth-order valence-corrected chi connectivity index (χ4v) is 3.81. The Hall–Kier alpha value is -4.23. The molecule has 32 heavy (non-hydrogen) atoms. The van der Waals surface area contributed by atoms with E-state index in [1.54, 1.807) is 0 Å². The van der Waals surface area contributed by atoms with Crippen molar-refractivity contribution in [1.29, 1.82) is 0 Å². The second kappa shape index (κ2) is 9.28. The molecule has 0 radical (unpaired) electrons. The lowest BCUT2D eigenvalue weighted by molar-refractivity contribution is 1.37. The highest BCUT2D eigenvalue weighted by Crippen LogP contribution is 2.27. The summed E-state index contributed by atoms with van der Waals surface area (Å²) in [5.74, 6) is 0. The first-order chi connectivity index (χ1) is 15.8. The SMILES string of the molecule is C(=C\c1cc(/C=C/c2ccccc2)c2ccc(-c3ccccc3)cc2n1)/c1ccccc1. The highest BCUT2D eigenvalue weighted by molar-refractivity contribution is 5.94. The van der Waals surface area contributed by atoms with Crippen molar-refractivity contribution in [3.8, 4) is 11.1 Å². The van der Waals surface area contributed by atoms with E-state index in [0.29, 0.717) is 0 Å². The largest absolute Gasteiger partial charge is 0.248 e. The molecule has 0 spiro atoms. The Morgan fingerprint density at radius 1 is 0.469 bits per heavy atom. The zero-order valence-electron chi connectivity index (χ0n) is 17.7. The third kappa shape index (κ3) is 4.58. The molecule has 1 heterocycles. The molecule has 0 aliphatic carbocycles. The second-order valence-electron chi connectivity index (χ2n) is 7.72. The summed E-state index contributed by atoms with van der Waals surface area (Å²) in [5.41, 5.74) is 7.81. The van der Waals surface area contributed by atoms with Gasteiger partial charge in [0.1, 0.15) is 0 Å². The monoisotopic (exact) mass is 409 g/mol. The average molecular weight is 410 g/mol. The van der Waals surface area contributed by atoms with E-state index in [2.05, 4.69) is 109 Å². The maximum atomic E-state index is 4.97. The number of fused-ring (bicyclic) bond motifs is 1. The van der Waals surface area contributed by atoms with Crippen molar-refractivity contribution in [2.75, 3.05) is 0 Å². The standard InChI is InChI=1S/C31H23N/c1-4-10-24(11-5-1)16-18-28-22-29(20-17-25-12-6-2-7-13-25)32-31-23-27(19-21-30(28)31)26-14-8-3-9-15-26/h1-23H/b18-16+,20-17+. The smallest absolute Gasteiger partial charge is 0.0721 e. The van der Waals surface area contributed by atoms with E-state index in [4.69, 9.17) is 4.98 Å². The highest BCUT2D eigenvalue weighted by atomic mass is 14.7. The molecule has 0 aliphatic rings. The van der Waals surface area contributed by atoms with Crippen LogP contribution in [0.25, 0.3) is 46.3 Å². The maximum absolute atomic E-state index is 4.97. The van der Waals surface area contributed by atoms with Gasteiger partial charge in [-0.2, -0.15) is 0 Å². The number of hydrogen-bond acceptors (Lipinski definition) is 1. The molecule has 0 saturated heterocycles. The lowest BCUT2D eigenvalue weighted by Gasteiger charge is -2.08. The Labute approximate surface area is 189 Å². The van der Waals surface area contributed by atoms with Gasteiger partial charge in [-0.15, -0.1) is 0 Å². The summed E-state index contributed by atoms with van der Waals surface area (Å²) in [5, 5.41) is 1.15. The number of nitrogens with zero attached hydrogens (tertiary/aromatic N) is 1. The molecular formula is C31H23N. The molecule has 1 aromatic heterocycles. The number of aromatic nitrogens is 1. The first-order valence-corrected chi connectivity index (χ1v) is 10.8. The molecule has 0 atom stereocenters. The summed E-state index contributed by atoms with van der Waals surface area (Å²) < 4.78 is 0. The van der Waals surface area contributed by atoms with Crippen LogP contribution in [0.2, 0.25) is 0 Å². The van der Waals surface area contributed by atoms with Crippen molar-refractivity contribution in [3.05, 3.63) is 138 Å². The number of rotatable bonds is 5. The quantitative estimate of drug-likeness (QED) is 0.285. The van der Waals surface area contributed by atoms with Gasteiger partial charge >= 0.3 is 0 Å². The molecular weight excluding hydrogens is 386 g/mol. The first kappa shape index (κ1) is 19.7. The lowest BCUT2D eigenvalue weighted by Crippen LogP contribution is -1.89. The molecule has 152 valence electrons. The average Bonchev–Trinajstić information content (AvgIpc) is 2.87. The van der Waals surface area contributed by atoms with E-state index in [9.17, 15) is 0 Å². The molecule has 0 amide bonds. The van der Waals surface area contributed by atoms with Crippen molar-refractivity contribution < 1.29 is 0 Å². The van der Waals surface area contributed by atoms with Gasteiger partial charge in [0.2, 0.25) is 0 Å². The maximum Gasteiger partial charge on any atom is 0.0721 e. The minimum atomic E-state index is 0.944. The van der Waals surface area contributed by atoms with Crippen LogP contribution < -0.4 is 0 Å². The zero-order chi connectivity index (χ0) is 21.6. The Morgan fingerprint density at radius 3 is 1.72 bits per heavy atom. The van der Waals surface area contributed by atoms with Gasteiger partial charge in [0, 0.05) is 5.39 Å². The molecule has 0 fully saturated rings. The minimum Gasteiger partial charge on any atom is -0.248 e. The Kier molecular flexibility index (Phi) is 5.72. The van der Waals surface area contributed by atoms with Gasteiger partial charge in [-0.3, -0.25) is 0 Å². The van der Waals surface area contributed by atoms with Crippen molar-refractivity contribution in [1.82, 2.24) is 4.98 Å². The summed E-state index contributed by atoms with van der Waals surface area (Å²) in [6, 6.07) is 39.9. The third-order valence-corrected chi connectivity index (χ3v) is 5.47. The predicted octanol–water partition coefficient (Wildman–Crippen LogP) is 8.24. The Bertz CT molecular complexity index is 1380. The van der Waals surface area contributed by atoms with Crippen LogP contribution in [0.5, 0.6) is 0 Å². The van der Waals surface area contributed by atoms with Crippen molar-refractivity contribution in [2.45, 2.75) is 0 Å². The molecule has 1 nitrogen and oxygen atoms in total. The molecule has 5 rings (SSSR count). The molecule has 0 bridgehead atoms. The Morgan fingerprint density at radius 2 is 1.06 bits per heavy atom. The fraction of sp³-hybridized carbons (Fsp3) is 0. The second-order valence-corrected chi connectivity index (χ2v) is 7.72. The van der Waals surface area contributed by atoms with E-state index in [1.807, 2.05) is 30.3 Å². The summed E-state index contributed by atoms with van der Waals surface area (Å²) >= 11 is 0. The summed E-state index contributed by atoms with van der Waals surface area (Å²) in [6.07, 6.45) is 8.54. The summed E-state index contributed by atoms with van der Waals surface area (Å²) in [6.45, 7) is 0. The lowest BCUT2D eigenvalue weighted by atomic mass is 10.00. The van der Waals surface area contributed by atoms with Gasteiger partial charge in [0.05, 0.1) is 11.2 Å². The van der Waals surface area contributed by atoms with Crippen LogP contribution in [0.15, 0.2) is 115 Å². The molecule has 0 unspecified atom stereocenters. The van der Waals surface area contributed by atoms with Crippen LogP contribution in [0.1, 0.15) is 22.4 Å². The van der Waals surface area contributed by atoms with Gasteiger partial charge in [-0.05, 0) is 46.0 Å². The predicted molar refractivity (Wildman–Crippen MR) is 138 cm³/mol. The normalized spacial score (nSPS) is 11.5. The number of benzene rings is 4. The van der Waals surface area contributed by atoms with Crippen molar-refractivity contribution in [2.24, 2.45) is 0 Å². The van der Waals surface area contributed by atoms with Gasteiger partial charge in [0.15, 0.2) is 0 Å². The summed E-state index contributed by atoms with van der Waals surface area (Å²) in [4.78, 5) is 4.97. The van der Waals surface area contributed by atoms with E-state index in [-0.39, 0.29) is 0 Å². The fourth-order valence-electron chi connectivity index (χ4n) is 3.81. The van der Waals surface area contributed by atoms with Crippen molar-refractivity contribution >= 4 is 35.2 Å². The minimum absolute atomic E-state index is 0.944. The molecule has 5 aromatic rings.